The van der Waals surface area contributed by atoms with E-state index in [-0.39, 0.29) is 12.2 Å². The Labute approximate surface area is 95.6 Å². The summed E-state index contributed by atoms with van der Waals surface area (Å²) in [5.74, 6) is 1.75. The third kappa shape index (κ3) is 2.48. The number of aryl methyl sites for hydroxylation is 1. The molecule has 1 aromatic heterocycles. The standard InChI is InChI=1S/C11H18N4O/c1-8-6-15(7-10(5-12)16-8)11-3-4-13-9(2)14-11/h3-4,8,10H,5-7,12H2,1-2H3. The molecule has 0 amide bonds. The summed E-state index contributed by atoms with van der Waals surface area (Å²) in [6, 6.07) is 1.93. The average molecular weight is 222 g/mol. The molecule has 2 heterocycles. The normalized spacial score (nSPS) is 25.8. The minimum atomic E-state index is 0.0963. The number of rotatable bonds is 2. The third-order valence-electron chi connectivity index (χ3n) is 2.67. The van der Waals surface area contributed by atoms with Crippen molar-refractivity contribution >= 4 is 5.82 Å². The molecule has 0 aliphatic carbocycles. The first kappa shape index (κ1) is 11.3. The zero-order chi connectivity index (χ0) is 11.5. The van der Waals surface area contributed by atoms with Crippen molar-refractivity contribution in [1.29, 1.82) is 0 Å². The van der Waals surface area contributed by atoms with E-state index in [1.54, 1.807) is 6.20 Å². The molecule has 1 aromatic rings. The van der Waals surface area contributed by atoms with Gasteiger partial charge in [0.15, 0.2) is 0 Å². The minimum absolute atomic E-state index is 0.0963. The van der Waals surface area contributed by atoms with Gasteiger partial charge in [-0.3, -0.25) is 0 Å². The van der Waals surface area contributed by atoms with E-state index in [1.165, 1.54) is 0 Å². The summed E-state index contributed by atoms with van der Waals surface area (Å²) in [6.45, 7) is 6.16. The topological polar surface area (TPSA) is 64.3 Å². The SMILES string of the molecule is Cc1nccc(N2CC(C)OC(CN)C2)n1. The van der Waals surface area contributed by atoms with Crippen LogP contribution in [0.4, 0.5) is 5.82 Å². The summed E-state index contributed by atoms with van der Waals surface area (Å²) in [4.78, 5) is 10.7. The molecule has 0 spiro atoms. The average Bonchev–Trinajstić information content (AvgIpc) is 2.28. The van der Waals surface area contributed by atoms with Gasteiger partial charge in [0.25, 0.3) is 0 Å². The van der Waals surface area contributed by atoms with Gasteiger partial charge < -0.3 is 15.4 Å². The molecule has 2 unspecified atom stereocenters. The van der Waals surface area contributed by atoms with Crippen molar-refractivity contribution in [3.63, 3.8) is 0 Å². The van der Waals surface area contributed by atoms with Crippen molar-refractivity contribution in [2.45, 2.75) is 26.1 Å². The van der Waals surface area contributed by atoms with Crippen molar-refractivity contribution in [1.82, 2.24) is 9.97 Å². The van der Waals surface area contributed by atoms with E-state index in [0.29, 0.717) is 6.54 Å². The van der Waals surface area contributed by atoms with E-state index in [0.717, 1.165) is 24.7 Å². The van der Waals surface area contributed by atoms with Gasteiger partial charge in [-0.15, -0.1) is 0 Å². The van der Waals surface area contributed by atoms with Gasteiger partial charge in [-0.1, -0.05) is 0 Å². The van der Waals surface area contributed by atoms with Crippen LogP contribution in [-0.2, 0) is 4.74 Å². The van der Waals surface area contributed by atoms with Gasteiger partial charge in [-0.2, -0.15) is 0 Å². The van der Waals surface area contributed by atoms with Crippen molar-refractivity contribution in [3.05, 3.63) is 18.1 Å². The molecule has 16 heavy (non-hydrogen) atoms. The van der Waals surface area contributed by atoms with Gasteiger partial charge in [-0.25, -0.2) is 9.97 Å². The molecular formula is C11H18N4O. The molecule has 2 rings (SSSR count). The van der Waals surface area contributed by atoms with Crippen molar-refractivity contribution in [3.8, 4) is 0 Å². The van der Waals surface area contributed by atoms with Gasteiger partial charge >= 0.3 is 0 Å². The highest BCUT2D eigenvalue weighted by atomic mass is 16.5. The molecule has 0 bridgehead atoms. The lowest BCUT2D eigenvalue weighted by Gasteiger charge is -2.37. The lowest BCUT2D eigenvalue weighted by atomic mass is 10.2. The van der Waals surface area contributed by atoms with Gasteiger partial charge in [0.2, 0.25) is 0 Å². The van der Waals surface area contributed by atoms with Crippen LogP contribution in [0, 0.1) is 6.92 Å². The van der Waals surface area contributed by atoms with E-state index in [4.69, 9.17) is 10.5 Å². The Morgan fingerprint density at radius 3 is 3.06 bits per heavy atom. The second kappa shape index (κ2) is 4.76. The zero-order valence-electron chi connectivity index (χ0n) is 9.76. The second-order valence-corrected chi connectivity index (χ2v) is 4.17. The summed E-state index contributed by atoms with van der Waals surface area (Å²) < 4.78 is 5.71. The molecule has 0 radical (unpaired) electrons. The zero-order valence-corrected chi connectivity index (χ0v) is 9.76. The molecule has 0 aromatic carbocycles. The first-order valence-electron chi connectivity index (χ1n) is 5.59. The Morgan fingerprint density at radius 2 is 2.38 bits per heavy atom. The lowest BCUT2D eigenvalue weighted by molar-refractivity contribution is -0.0107. The number of nitrogens with zero attached hydrogens (tertiary/aromatic N) is 3. The van der Waals surface area contributed by atoms with Gasteiger partial charge in [-0.05, 0) is 19.9 Å². The number of hydrogen-bond donors (Lipinski definition) is 1. The third-order valence-corrected chi connectivity index (χ3v) is 2.67. The summed E-state index contributed by atoms with van der Waals surface area (Å²) >= 11 is 0. The highest BCUT2D eigenvalue weighted by Gasteiger charge is 2.25. The van der Waals surface area contributed by atoms with Crippen molar-refractivity contribution in [2.75, 3.05) is 24.5 Å². The predicted octanol–water partition coefficient (Wildman–Crippen LogP) is 0.337. The highest BCUT2D eigenvalue weighted by molar-refractivity contribution is 5.38. The van der Waals surface area contributed by atoms with Crippen LogP contribution in [0.5, 0.6) is 0 Å². The summed E-state index contributed by atoms with van der Waals surface area (Å²) in [6.07, 6.45) is 2.08. The van der Waals surface area contributed by atoms with Gasteiger partial charge in [0.1, 0.15) is 11.6 Å². The minimum Gasteiger partial charge on any atom is -0.370 e. The van der Waals surface area contributed by atoms with E-state index in [2.05, 4.69) is 21.8 Å². The predicted molar refractivity (Wildman–Crippen MR) is 62.4 cm³/mol. The largest absolute Gasteiger partial charge is 0.370 e. The number of aromatic nitrogens is 2. The summed E-state index contributed by atoms with van der Waals surface area (Å²) in [5, 5.41) is 0. The maximum absolute atomic E-state index is 5.71. The van der Waals surface area contributed by atoms with Crippen LogP contribution in [0.2, 0.25) is 0 Å². The Hall–Kier alpha value is -1.20. The van der Waals surface area contributed by atoms with E-state index in [9.17, 15) is 0 Å². The molecule has 2 N–H and O–H groups in total. The fourth-order valence-corrected chi connectivity index (χ4v) is 1.98. The summed E-state index contributed by atoms with van der Waals surface area (Å²) in [5.41, 5.74) is 5.65. The van der Waals surface area contributed by atoms with Crippen LogP contribution in [0.25, 0.3) is 0 Å². The molecule has 1 aliphatic heterocycles. The molecule has 1 aliphatic rings. The fraction of sp³-hybridized carbons (Fsp3) is 0.636. The van der Waals surface area contributed by atoms with Crippen LogP contribution in [-0.4, -0.2) is 41.8 Å². The smallest absolute Gasteiger partial charge is 0.132 e. The monoisotopic (exact) mass is 222 g/mol. The molecule has 0 saturated carbocycles. The fourth-order valence-electron chi connectivity index (χ4n) is 1.98. The molecule has 1 saturated heterocycles. The Kier molecular flexibility index (Phi) is 3.36. The Balaban J connectivity index is 2.14. The van der Waals surface area contributed by atoms with Gasteiger partial charge in [0, 0.05) is 25.8 Å². The molecule has 2 atom stereocenters. The van der Waals surface area contributed by atoms with E-state index >= 15 is 0 Å². The Bertz CT molecular complexity index is 358. The first-order valence-corrected chi connectivity index (χ1v) is 5.59. The molecule has 88 valence electrons. The Morgan fingerprint density at radius 1 is 1.56 bits per heavy atom. The number of nitrogens with two attached hydrogens (primary N) is 1. The summed E-state index contributed by atoms with van der Waals surface area (Å²) in [7, 11) is 0. The van der Waals surface area contributed by atoms with E-state index < -0.39 is 0 Å². The number of ether oxygens (including phenoxy) is 1. The molecule has 5 heteroatoms. The van der Waals surface area contributed by atoms with Crippen LogP contribution in [0.3, 0.4) is 0 Å². The number of anilines is 1. The number of morpholine rings is 1. The van der Waals surface area contributed by atoms with Crippen molar-refractivity contribution in [2.24, 2.45) is 5.73 Å². The van der Waals surface area contributed by atoms with Gasteiger partial charge in [0.05, 0.1) is 12.2 Å². The second-order valence-electron chi connectivity index (χ2n) is 4.17. The van der Waals surface area contributed by atoms with Crippen LogP contribution in [0.15, 0.2) is 12.3 Å². The lowest BCUT2D eigenvalue weighted by Crippen LogP contribution is -2.49. The first-order chi connectivity index (χ1) is 7.69. The number of hydrogen-bond acceptors (Lipinski definition) is 5. The highest BCUT2D eigenvalue weighted by Crippen LogP contribution is 2.17. The van der Waals surface area contributed by atoms with Crippen LogP contribution in [0.1, 0.15) is 12.7 Å². The molecule has 5 nitrogen and oxygen atoms in total. The maximum Gasteiger partial charge on any atom is 0.132 e. The van der Waals surface area contributed by atoms with Crippen LogP contribution < -0.4 is 10.6 Å². The van der Waals surface area contributed by atoms with E-state index in [1.807, 2.05) is 13.0 Å². The molecule has 1 fully saturated rings. The maximum atomic E-state index is 5.71. The van der Waals surface area contributed by atoms with Crippen molar-refractivity contribution < 1.29 is 4.74 Å². The quantitative estimate of drug-likeness (QED) is 0.781. The molecular weight excluding hydrogens is 204 g/mol. The van der Waals surface area contributed by atoms with Crippen LogP contribution >= 0.6 is 0 Å².